The van der Waals surface area contributed by atoms with Gasteiger partial charge in [-0.05, 0) is 40.5 Å². The summed E-state index contributed by atoms with van der Waals surface area (Å²) in [7, 11) is -5.95. The van der Waals surface area contributed by atoms with Crippen LogP contribution < -0.4 is 11.5 Å². The highest BCUT2D eigenvalue weighted by atomic mass is 32.2. The van der Waals surface area contributed by atoms with E-state index in [-0.39, 0.29) is 79.0 Å². The van der Waals surface area contributed by atoms with Gasteiger partial charge in [0, 0.05) is 80.6 Å². The molecule has 86 heavy (non-hydrogen) atoms. The van der Waals surface area contributed by atoms with Gasteiger partial charge in [-0.15, -0.1) is 0 Å². The Morgan fingerprint density at radius 2 is 0.860 bits per heavy atom. The number of carbonyl (C=O) groups excluding carboxylic acids is 6. The van der Waals surface area contributed by atoms with E-state index in [2.05, 4.69) is 0 Å². The summed E-state index contributed by atoms with van der Waals surface area (Å²) in [6, 6.07) is 0. The first kappa shape index (κ1) is 76.2. The van der Waals surface area contributed by atoms with Crippen molar-refractivity contribution in [1.29, 1.82) is 0 Å². The monoisotopic (exact) mass is 1330 g/mol. The van der Waals surface area contributed by atoms with E-state index in [4.69, 9.17) is 67.0 Å². The van der Waals surface area contributed by atoms with Crippen molar-refractivity contribution < 1.29 is 88.9 Å². The molecule has 23 nitrogen and oxygen atoms in total. The number of nitrogens with two attached hydrogens (primary N) is 2. The summed E-state index contributed by atoms with van der Waals surface area (Å²) >= 11 is 4.57. The van der Waals surface area contributed by atoms with Crippen molar-refractivity contribution in [1.82, 2.24) is 9.80 Å². The van der Waals surface area contributed by atoms with Crippen LogP contribution in [0.1, 0.15) is 131 Å². The number of amides is 2. The lowest BCUT2D eigenvalue weighted by molar-refractivity contribution is -0.201. The van der Waals surface area contributed by atoms with Gasteiger partial charge in [0.05, 0.1) is 39.6 Å². The van der Waals surface area contributed by atoms with Crippen LogP contribution in [0.5, 0.6) is 0 Å². The number of hydrogen-bond donors (Lipinski definition) is 2. The van der Waals surface area contributed by atoms with Crippen molar-refractivity contribution in [3.05, 3.63) is 48.1 Å². The number of phosphoric acid groups is 1. The zero-order valence-corrected chi connectivity index (χ0v) is 57.0. The van der Waals surface area contributed by atoms with Crippen LogP contribution in [0.15, 0.2) is 48.1 Å². The minimum atomic E-state index is -4.14. The second kappa shape index (κ2) is 32.4. The highest BCUT2D eigenvalue weighted by molar-refractivity contribution is 8.14. The molecule has 29 heteroatoms. The third-order valence-electron chi connectivity index (χ3n) is 12.7. The lowest BCUT2D eigenvalue weighted by Gasteiger charge is -2.31. The highest BCUT2D eigenvalue weighted by Crippen LogP contribution is 2.52. The Morgan fingerprint density at radius 3 is 1.20 bits per heavy atom. The Bertz CT molecular complexity index is 2450. The molecule has 0 saturated carbocycles. The summed E-state index contributed by atoms with van der Waals surface area (Å²) in [6.45, 7) is 29.6. The van der Waals surface area contributed by atoms with Gasteiger partial charge < -0.3 is 63.3 Å². The van der Waals surface area contributed by atoms with E-state index in [9.17, 15) is 33.3 Å². The van der Waals surface area contributed by atoms with Crippen LogP contribution in [0.3, 0.4) is 0 Å². The van der Waals surface area contributed by atoms with Gasteiger partial charge in [0.1, 0.15) is 36.6 Å². The van der Waals surface area contributed by atoms with Gasteiger partial charge in [-0.2, -0.15) is 0 Å². The first-order valence-electron chi connectivity index (χ1n) is 28.1. The molecule has 490 valence electrons. The SMILES string of the molecule is C.CC1(C)OC2C(COP(=O)(OCCSC(=O)C(C)(C)C)OCCSC(=O)C(C)(C)C)OC(N3C=CCC(C(N)=O)=C3)C2O1.CC1(C)OC2C(COP(OCCSC(=O)C(C)(C)C)OCCSC(=O)C(C)(C)C)OC(N3C=CCC(C(N)=O)=C3)C2O1. The largest absolute Gasteiger partial charge is 0.474 e. The number of fused-ring (bicyclic) bond motifs is 2. The van der Waals surface area contributed by atoms with Crippen molar-refractivity contribution in [2.75, 3.05) is 62.7 Å². The maximum absolute atomic E-state index is 13.7. The van der Waals surface area contributed by atoms with Crippen molar-refractivity contribution >= 4 is 95.7 Å². The number of primary amides is 2. The number of allylic oxidation sites excluding steroid dienone is 2. The zero-order valence-electron chi connectivity index (χ0n) is 51.9. The van der Waals surface area contributed by atoms with Gasteiger partial charge in [0.2, 0.25) is 11.8 Å². The molecule has 0 aromatic heterocycles. The summed E-state index contributed by atoms with van der Waals surface area (Å²) in [5.74, 6) is -1.39. The molecule has 8 unspecified atom stereocenters. The lowest BCUT2D eigenvalue weighted by Crippen LogP contribution is -2.40. The maximum Gasteiger partial charge on any atom is 0.474 e. The molecule has 0 aliphatic carbocycles. The molecule has 2 amide bonds. The first-order valence-corrected chi connectivity index (χ1v) is 34.6. The fourth-order valence-corrected chi connectivity index (χ4v) is 14.1. The Balaban J connectivity index is 0.000000364. The van der Waals surface area contributed by atoms with Crippen LogP contribution in [-0.2, 0) is 88.9 Å². The first-order chi connectivity index (χ1) is 39.3. The minimum Gasteiger partial charge on any atom is -0.366 e. The second-order valence-electron chi connectivity index (χ2n) is 25.5. The summed E-state index contributed by atoms with van der Waals surface area (Å²) in [5, 5.41) is 0.101. The number of phosphoric ester groups is 1. The van der Waals surface area contributed by atoms with Gasteiger partial charge >= 0.3 is 16.4 Å². The van der Waals surface area contributed by atoms with Crippen LogP contribution in [-0.4, -0.2) is 165 Å². The van der Waals surface area contributed by atoms with Crippen LogP contribution >= 0.6 is 63.5 Å². The van der Waals surface area contributed by atoms with Gasteiger partial charge in [-0.3, -0.25) is 42.3 Å². The number of carbonyl (C=O) groups is 6. The molecule has 4 N–H and O–H groups in total. The number of hydrogen-bond acceptors (Lipinski definition) is 25. The third-order valence-corrected chi connectivity index (χ3v) is 20.3. The summed E-state index contributed by atoms with van der Waals surface area (Å²) in [5.41, 5.74) is 9.94. The summed E-state index contributed by atoms with van der Waals surface area (Å²) in [4.78, 5) is 76.2. The van der Waals surface area contributed by atoms with Crippen molar-refractivity contribution in [2.24, 2.45) is 33.1 Å². The average molecular weight is 1330 g/mol. The molecule has 0 spiro atoms. The molecule has 0 radical (unpaired) electrons. The van der Waals surface area contributed by atoms with Crippen molar-refractivity contribution in [3.63, 3.8) is 0 Å². The smallest absolute Gasteiger partial charge is 0.366 e. The molecule has 0 aromatic carbocycles. The van der Waals surface area contributed by atoms with E-state index in [0.717, 1.165) is 23.5 Å². The summed E-state index contributed by atoms with van der Waals surface area (Å²) < 4.78 is 85.8. The van der Waals surface area contributed by atoms with Crippen LogP contribution in [0.2, 0.25) is 0 Å². The van der Waals surface area contributed by atoms with Gasteiger partial charge in [-0.25, -0.2) is 4.57 Å². The molecule has 6 heterocycles. The Morgan fingerprint density at radius 1 is 0.535 bits per heavy atom. The Kier molecular flexibility index (Phi) is 28.7. The molecule has 6 rings (SSSR count). The number of rotatable bonds is 26. The normalized spacial score (nSPS) is 25.2. The molecule has 4 saturated heterocycles. The highest BCUT2D eigenvalue weighted by Gasteiger charge is 2.58. The Labute approximate surface area is 527 Å². The zero-order chi connectivity index (χ0) is 63.5. The van der Waals surface area contributed by atoms with E-state index in [1.807, 2.05) is 109 Å². The van der Waals surface area contributed by atoms with Crippen molar-refractivity contribution in [3.8, 4) is 0 Å². The second-order valence-corrected chi connectivity index (χ2v) is 32.7. The molecule has 0 aromatic rings. The topological polar surface area (TPSA) is 289 Å². The van der Waals surface area contributed by atoms with Crippen molar-refractivity contribution in [2.45, 2.75) is 192 Å². The van der Waals surface area contributed by atoms with Crippen LogP contribution in [0.4, 0.5) is 0 Å². The van der Waals surface area contributed by atoms with E-state index in [1.54, 1.807) is 48.3 Å². The van der Waals surface area contributed by atoms with E-state index >= 15 is 0 Å². The minimum absolute atomic E-state index is 0. The predicted octanol–water partition coefficient (Wildman–Crippen LogP) is 9.93. The number of nitrogens with zero attached hydrogens (tertiary/aromatic N) is 2. The predicted molar refractivity (Wildman–Crippen MR) is 335 cm³/mol. The Hall–Kier alpha value is -2.24. The standard InChI is InChI=1S/C28H45N2O10PS2.C28H45N2O9PS2.CH4/c1-26(2,3)24(32)42-14-12-35-41(34,36-13-15-43-25(33)27(4,5)6)37-17-19-20-21(40-28(7,8)39-20)23(38-19)30-11-9-10-18(16-30)22(29)31;1-26(2,3)24(32)41-14-12-34-40(35-13-15-42-25(33)27(4,5)6)36-17-19-20-21(39-28(7,8)38-20)23(37-19)30-11-9-10-18(16-30)22(29)31;/h9,11,16,19-21,23H,10,12-15,17H2,1-8H3,(H2,29,31);9,11,16,19-21,23H,10,12-15,17H2,1-8H3,(H2,29,31);1H4. The van der Waals surface area contributed by atoms with Gasteiger partial charge in [0.25, 0.3) is 0 Å². The fraction of sp³-hybridized carbons (Fsp3) is 0.754. The quantitative estimate of drug-likeness (QED) is 0.0601. The average Bonchev–Trinajstić information content (AvgIpc) is 1.72. The van der Waals surface area contributed by atoms with Gasteiger partial charge in [-0.1, -0.05) is 150 Å². The van der Waals surface area contributed by atoms with E-state index < -0.39 is 111 Å². The summed E-state index contributed by atoms with van der Waals surface area (Å²) in [6.07, 6.45) is 6.85. The molecule has 8 atom stereocenters. The van der Waals surface area contributed by atoms with Crippen LogP contribution in [0.25, 0.3) is 0 Å². The fourth-order valence-electron chi connectivity index (χ4n) is 8.31. The molecular weight excluding hydrogens is 1230 g/mol. The maximum atomic E-state index is 13.7. The number of thioether (sulfide) groups is 4. The molecule has 6 aliphatic heterocycles. The lowest BCUT2D eigenvalue weighted by atomic mass is 9.99. The third kappa shape index (κ3) is 23.5. The van der Waals surface area contributed by atoms with E-state index in [1.165, 1.54) is 23.5 Å². The molecule has 6 aliphatic rings. The van der Waals surface area contributed by atoms with E-state index in [0.29, 0.717) is 35.5 Å². The van der Waals surface area contributed by atoms with Gasteiger partial charge in [0.15, 0.2) is 44.5 Å². The molecule has 4 fully saturated rings. The molecule has 0 bridgehead atoms. The number of ether oxygens (including phenoxy) is 6. The molecular formula is C57H94N4O19P2S4. The van der Waals surface area contributed by atoms with Crippen LogP contribution in [0, 0.1) is 21.7 Å².